The van der Waals surface area contributed by atoms with Crippen molar-refractivity contribution in [1.29, 1.82) is 0 Å². The van der Waals surface area contributed by atoms with Gasteiger partial charge in [-0.2, -0.15) is 0 Å². The molecule has 1 aromatic carbocycles. The number of nitrogens with zero attached hydrogens (tertiary/aromatic N) is 1. The van der Waals surface area contributed by atoms with Crippen LogP contribution in [0.1, 0.15) is 45.4 Å². The fraction of sp³-hybridized carbons (Fsp3) is 0.611. The second kappa shape index (κ2) is 9.08. The number of hydrogen-bond donors (Lipinski definition) is 1. The highest BCUT2D eigenvalue weighted by atomic mass is 32.2. The molecule has 1 aliphatic rings. The number of nitrogens with one attached hydrogen (secondary N) is 1. The van der Waals surface area contributed by atoms with Crippen LogP contribution in [0.25, 0.3) is 0 Å². The van der Waals surface area contributed by atoms with E-state index in [2.05, 4.69) is 5.32 Å². The van der Waals surface area contributed by atoms with E-state index in [-0.39, 0.29) is 18.6 Å². The molecule has 1 aromatic rings. The lowest BCUT2D eigenvalue weighted by Gasteiger charge is -2.20. The standard InChI is InChI=1S/C18H28N2O4S/c1-3-20(25(2,22)23)16-10-12-17(13-11-16)24-14-18(21)19-15-8-6-4-5-7-9-15/h10-13,15H,3-9,14H2,1-2H3,(H,19,21). The van der Waals surface area contributed by atoms with Crippen molar-refractivity contribution in [3.63, 3.8) is 0 Å². The minimum Gasteiger partial charge on any atom is -0.484 e. The van der Waals surface area contributed by atoms with Gasteiger partial charge in [0.25, 0.3) is 5.91 Å². The molecule has 0 aliphatic heterocycles. The van der Waals surface area contributed by atoms with Gasteiger partial charge >= 0.3 is 0 Å². The summed E-state index contributed by atoms with van der Waals surface area (Å²) in [5.41, 5.74) is 0.584. The fourth-order valence-electron chi connectivity index (χ4n) is 3.16. The lowest BCUT2D eigenvalue weighted by molar-refractivity contribution is -0.123. The Bertz CT molecular complexity index is 650. The van der Waals surface area contributed by atoms with E-state index in [0.717, 1.165) is 12.8 Å². The van der Waals surface area contributed by atoms with Gasteiger partial charge in [-0.25, -0.2) is 8.42 Å². The molecule has 6 nitrogen and oxygen atoms in total. The summed E-state index contributed by atoms with van der Waals surface area (Å²) in [4.78, 5) is 12.0. The molecule has 0 aromatic heterocycles. The zero-order valence-electron chi connectivity index (χ0n) is 15.0. The molecule has 0 heterocycles. The second-order valence-electron chi connectivity index (χ2n) is 6.47. The van der Waals surface area contributed by atoms with Gasteiger partial charge in [0.1, 0.15) is 5.75 Å². The SMILES string of the molecule is CCN(c1ccc(OCC(=O)NC2CCCCCC2)cc1)S(C)(=O)=O. The lowest BCUT2D eigenvalue weighted by atomic mass is 10.1. The Kier molecular flexibility index (Phi) is 7.11. The van der Waals surface area contributed by atoms with Crippen LogP contribution in [0.2, 0.25) is 0 Å². The quantitative estimate of drug-likeness (QED) is 0.751. The smallest absolute Gasteiger partial charge is 0.258 e. The third kappa shape index (κ3) is 6.23. The summed E-state index contributed by atoms with van der Waals surface area (Å²) in [6, 6.07) is 6.99. The van der Waals surface area contributed by atoms with Crippen molar-refractivity contribution < 1.29 is 17.9 Å². The minimum absolute atomic E-state index is 0.0284. The van der Waals surface area contributed by atoms with E-state index in [1.54, 1.807) is 31.2 Å². The van der Waals surface area contributed by atoms with Crippen molar-refractivity contribution in [2.45, 2.75) is 51.5 Å². The molecule has 1 aliphatic carbocycles. The van der Waals surface area contributed by atoms with E-state index in [4.69, 9.17) is 4.74 Å². The van der Waals surface area contributed by atoms with Crippen LogP contribution in [-0.4, -0.2) is 39.8 Å². The molecule has 1 fully saturated rings. The highest BCUT2D eigenvalue weighted by molar-refractivity contribution is 7.92. The highest BCUT2D eigenvalue weighted by Crippen LogP contribution is 2.21. The Hall–Kier alpha value is -1.76. The third-order valence-electron chi connectivity index (χ3n) is 4.40. The highest BCUT2D eigenvalue weighted by Gasteiger charge is 2.16. The van der Waals surface area contributed by atoms with Crippen LogP contribution in [0.3, 0.4) is 0 Å². The van der Waals surface area contributed by atoms with Gasteiger partial charge in [0.05, 0.1) is 11.9 Å². The molecule has 0 unspecified atom stereocenters. The van der Waals surface area contributed by atoms with Gasteiger partial charge in [-0.15, -0.1) is 0 Å². The molecule has 0 bridgehead atoms. The van der Waals surface area contributed by atoms with Crippen LogP contribution >= 0.6 is 0 Å². The van der Waals surface area contributed by atoms with Crippen LogP contribution in [0, 0.1) is 0 Å². The van der Waals surface area contributed by atoms with Crippen LogP contribution in [0.15, 0.2) is 24.3 Å². The number of ether oxygens (including phenoxy) is 1. The van der Waals surface area contributed by atoms with Crippen molar-refractivity contribution in [1.82, 2.24) is 5.32 Å². The van der Waals surface area contributed by atoms with E-state index in [9.17, 15) is 13.2 Å². The molecule has 2 rings (SSSR count). The first-order valence-corrected chi connectivity index (χ1v) is 10.7. The van der Waals surface area contributed by atoms with Crippen molar-refractivity contribution in [3.05, 3.63) is 24.3 Å². The number of hydrogen-bond acceptors (Lipinski definition) is 4. The molecule has 0 atom stereocenters. The van der Waals surface area contributed by atoms with E-state index in [1.807, 2.05) is 0 Å². The lowest BCUT2D eigenvalue weighted by Crippen LogP contribution is -2.37. The van der Waals surface area contributed by atoms with Crippen molar-refractivity contribution in [2.24, 2.45) is 0 Å². The summed E-state index contributed by atoms with van der Waals surface area (Å²) in [6.07, 6.45) is 8.09. The second-order valence-corrected chi connectivity index (χ2v) is 8.37. The first-order valence-electron chi connectivity index (χ1n) is 8.90. The van der Waals surface area contributed by atoms with Gasteiger partial charge in [-0.3, -0.25) is 9.10 Å². The normalized spacial score (nSPS) is 16.1. The summed E-state index contributed by atoms with van der Waals surface area (Å²) in [7, 11) is -3.30. The molecular weight excluding hydrogens is 340 g/mol. The monoisotopic (exact) mass is 368 g/mol. The molecule has 1 saturated carbocycles. The predicted molar refractivity (Wildman–Crippen MR) is 99.4 cm³/mol. The average molecular weight is 368 g/mol. The van der Waals surface area contributed by atoms with Crippen molar-refractivity contribution >= 4 is 21.6 Å². The van der Waals surface area contributed by atoms with E-state index >= 15 is 0 Å². The number of anilines is 1. The zero-order valence-corrected chi connectivity index (χ0v) is 15.8. The van der Waals surface area contributed by atoms with Gasteiger partial charge in [0, 0.05) is 12.6 Å². The van der Waals surface area contributed by atoms with Crippen LogP contribution in [0.5, 0.6) is 5.75 Å². The molecule has 1 amide bonds. The average Bonchev–Trinajstić information content (AvgIpc) is 2.82. The van der Waals surface area contributed by atoms with Crippen LogP contribution in [0.4, 0.5) is 5.69 Å². The number of carbonyl (C=O) groups excluding carboxylic acids is 1. The Morgan fingerprint density at radius 1 is 1.16 bits per heavy atom. The first kappa shape index (κ1) is 19.6. The summed E-state index contributed by atoms with van der Waals surface area (Å²) in [5.74, 6) is 0.437. The Labute approximate surface area is 150 Å². The van der Waals surface area contributed by atoms with Crippen molar-refractivity contribution in [3.8, 4) is 5.75 Å². The molecule has 25 heavy (non-hydrogen) atoms. The van der Waals surface area contributed by atoms with E-state index in [1.165, 1.54) is 36.2 Å². The van der Waals surface area contributed by atoms with Crippen LogP contribution in [-0.2, 0) is 14.8 Å². The van der Waals surface area contributed by atoms with Gasteiger partial charge in [-0.05, 0) is 44.0 Å². The number of amides is 1. The van der Waals surface area contributed by atoms with Gasteiger partial charge in [0.15, 0.2) is 6.61 Å². The number of carbonyl (C=O) groups is 1. The number of benzene rings is 1. The molecule has 0 saturated heterocycles. The zero-order chi connectivity index (χ0) is 18.3. The molecule has 0 spiro atoms. The van der Waals surface area contributed by atoms with Gasteiger partial charge in [0.2, 0.25) is 10.0 Å². The maximum absolute atomic E-state index is 12.0. The topological polar surface area (TPSA) is 75.7 Å². The Balaban J connectivity index is 1.85. The first-order chi connectivity index (χ1) is 11.9. The summed E-state index contributed by atoms with van der Waals surface area (Å²) < 4.78 is 30.3. The summed E-state index contributed by atoms with van der Waals surface area (Å²) >= 11 is 0. The third-order valence-corrected chi connectivity index (χ3v) is 5.67. The van der Waals surface area contributed by atoms with Crippen molar-refractivity contribution in [2.75, 3.05) is 23.7 Å². The maximum atomic E-state index is 12.0. The minimum atomic E-state index is -3.30. The molecule has 1 N–H and O–H groups in total. The number of rotatable bonds is 7. The summed E-state index contributed by atoms with van der Waals surface area (Å²) in [5, 5.41) is 3.04. The summed E-state index contributed by atoms with van der Waals surface area (Å²) in [6.45, 7) is 2.12. The molecular formula is C18H28N2O4S. The largest absolute Gasteiger partial charge is 0.484 e. The van der Waals surface area contributed by atoms with E-state index < -0.39 is 10.0 Å². The van der Waals surface area contributed by atoms with Crippen LogP contribution < -0.4 is 14.4 Å². The Morgan fingerprint density at radius 2 is 1.76 bits per heavy atom. The Morgan fingerprint density at radius 3 is 2.28 bits per heavy atom. The van der Waals surface area contributed by atoms with Gasteiger partial charge in [-0.1, -0.05) is 25.7 Å². The maximum Gasteiger partial charge on any atom is 0.258 e. The van der Waals surface area contributed by atoms with Gasteiger partial charge < -0.3 is 10.1 Å². The number of sulfonamides is 1. The molecule has 140 valence electrons. The molecule has 7 heteroatoms. The molecule has 0 radical (unpaired) electrons. The fourth-order valence-corrected chi connectivity index (χ4v) is 4.13. The predicted octanol–water partition coefficient (Wildman–Crippen LogP) is 2.69. The van der Waals surface area contributed by atoms with E-state index in [0.29, 0.717) is 18.0 Å².